The van der Waals surface area contributed by atoms with Gasteiger partial charge in [0, 0.05) is 47.7 Å². The summed E-state index contributed by atoms with van der Waals surface area (Å²) in [5.74, 6) is -0.587. The van der Waals surface area contributed by atoms with Gasteiger partial charge in [-0.2, -0.15) is 5.26 Å². The summed E-state index contributed by atoms with van der Waals surface area (Å²) in [6.07, 6.45) is 4.04. The Bertz CT molecular complexity index is 1080. The number of rotatable bonds is 7. The molecule has 3 aromatic rings. The van der Waals surface area contributed by atoms with Crippen LogP contribution in [0.4, 0.5) is 11.4 Å². The summed E-state index contributed by atoms with van der Waals surface area (Å²) in [6, 6.07) is 15.2. The molecule has 2 aromatic carbocycles. The molecule has 0 radical (unpaired) electrons. The van der Waals surface area contributed by atoms with E-state index in [-0.39, 0.29) is 11.3 Å². The van der Waals surface area contributed by atoms with E-state index >= 15 is 0 Å². The number of carbonyl (C=O) groups is 1. The van der Waals surface area contributed by atoms with E-state index in [1.165, 1.54) is 30.5 Å². The minimum absolute atomic E-state index is 0.0759. The first-order valence-electron chi connectivity index (χ1n) is 8.53. The summed E-state index contributed by atoms with van der Waals surface area (Å²) < 4.78 is 0. The Morgan fingerprint density at radius 1 is 1.21 bits per heavy atom. The molecule has 0 aliphatic carbocycles. The van der Waals surface area contributed by atoms with Crippen LogP contribution in [0.3, 0.4) is 0 Å². The molecule has 0 aliphatic heterocycles. The molecule has 0 bridgehead atoms. The molecule has 0 spiro atoms. The number of non-ortho nitro benzene ring substituents is 1. The average Bonchev–Trinajstić information content (AvgIpc) is 3.11. The van der Waals surface area contributed by atoms with Crippen molar-refractivity contribution in [1.82, 2.24) is 10.3 Å². The summed E-state index contributed by atoms with van der Waals surface area (Å²) >= 11 is 0. The SMILES string of the molecule is N#C/C(=C/NCCc1c[nH]c2ccccc12)C(=O)Nc1ccc([N+](=O)[O-])cc1. The highest BCUT2D eigenvalue weighted by Crippen LogP contribution is 2.18. The van der Waals surface area contributed by atoms with E-state index in [2.05, 4.69) is 15.6 Å². The monoisotopic (exact) mass is 375 g/mol. The van der Waals surface area contributed by atoms with Gasteiger partial charge in [0.15, 0.2) is 0 Å². The predicted octanol–water partition coefficient (Wildman–Crippen LogP) is 3.25. The molecule has 0 unspecified atom stereocenters. The number of carbonyl (C=O) groups excluding carboxylic acids is 1. The normalized spacial score (nSPS) is 11.0. The molecular weight excluding hydrogens is 358 g/mol. The second kappa shape index (κ2) is 8.51. The highest BCUT2D eigenvalue weighted by Gasteiger charge is 2.11. The number of benzene rings is 2. The third-order valence-electron chi connectivity index (χ3n) is 4.16. The van der Waals surface area contributed by atoms with Crippen molar-refractivity contribution in [3.05, 3.63) is 82.2 Å². The van der Waals surface area contributed by atoms with Crippen molar-refractivity contribution >= 4 is 28.2 Å². The van der Waals surface area contributed by atoms with Crippen LogP contribution in [0.25, 0.3) is 10.9 Å². The molecule has 3 rings (SSSR count). The van der Waals surface area contributed by atoms with Crippen LogP contribution in [-0.4, -0.2) is 22.4 Å². The van der Waals surface area contributed by atoms with E-state index in [4.69, 9.17) is 0 Å². The first-order valence-corrected chi connectivity index (χ1v) is 8.53. The Morgan fingerprint density at radius 2 is 1.96 bits per heavy atom. The Morgan fingerprint density at radius 3 is 2.68 bits per heavy atom. The molecule has 0 atom stereocenters. The van der Waals surface area contributed by atoms with Crippen molar-refractivity contribution in [1.29, 1.82) is 5.26 Å². The van der Waals surface area contributed by atoms with Crippen molar-refractivity contribution in [3.8, 4) is 6.07 Å². The lowest BCUT2D eigenvalue weighted by atomic mass is 10.1. The number of para-hydroxylation sites is 1. The van der Waals surface area contributed by atoms with Gasteiger partial charge in [0.25, 0.3) is 11.6 Å². The lowest BCUT2D eigenvalue weighted by Gasteiger charge is -2.05. The van der Waals surface area contributed by atoms with Gasteiger partial charge in [-0.05, 0) is 30.2 Å². The van der Waals surface area contributed by atoms with Gasteiger partial charge < -0.3 is 15.6 Å². The number of amides is 1. The number of hydrogen-bond donors (Lipinski definition) is 3. The Hall–Kier alpha value is -4.12. The lowest BCUT2D eigenvalue weighted by Crippen LogP contribution is -2.18. The molecule has 3 N–H and O–H groups in total. The Balaban J connectivity index is 1.56. The fourth-order valence-electron chi connectivity index (χ4n) is 2.73. The summed E-state index contributed by atoms with van der Waals surface area (Å²) in [7, 11) is 0. The van der Waals surface area contributed by atoms with Crippen molar-refractivity contribution in [2.75, 3.05) is 11.9 Å². The fraction of sp³-hybridized carbons (Fsp3) is 0.100. The highest BCUT2D eigenvalue weighted by molar-refractivity contribution is 6.06. The van der Waals surface area contributed by atoms with Gasteiger partial charge in [-0.15, -0.1) is 0 Å². The van der Waals surface area contributed by atoms with Gasteiger partial charge in [-0.25, -0.2) is 0 Å². The van der Waals surface area contributed by atoms with Crippen LogP contribution in [0.15, 0.2) is 66.5 Å². The van der Waals surface area contributed by atoms with Crippen LogP contribution in [0.2, 0.25) is 0 Å². The van der Waals surface area contributed by atoms with Crippen molar-refractivity contribution in [3.63, 3.8) is 0 Å². The average molecular weight is 375 g/mol. The summed E-state index contributed by atoms with van der Waals surface area (Å²) in [4.78, 5) is 25.5. The second-order valence-corrected chi connectivity index (χ2v) is 5.99. The highest BCUT2D eigenvalue weighted by atomic mass is 16.6. The van der Waals surface area contributed by atoms with Crippen LogP contribution in [0, 0.1) is 21.4 Å². The fourth-order valence-corrected chi connectivity index (χ4v) is 2.73. The van der Waals surface area contributed by atoms with Gasteiger partial charge in [-0.1, -0.05) is 18.2 Å². The van der Waals surface area contributed by atoms with Gasteiger partial charge in [0.1, 0.15) is 11.6 Å². The molecule has 28 heavy (non-hydrogen) atoms. The molecule has 1 aromatic heterocycles. The molecule has 1 heterocycles. The molecule has 8 nitrogen and oxygen atoms in total. The maximum Gasteiger partial charge on any atom is 0.269 e. The molecule has 0 saturated carbocycles. The number of fused-ring (bicyclic) bond motifs is 1. The molecule has 8 heteroatoms. The first-order chi connectivity index (χ1) is 13.6. The quantitative estimate of drug-likeness (QED) is 0.192. The summed E-state index contributed by atoms with van der Waals surface area (Å²) in [5, 5.41) is 26.5. The number of nitriles is 1. The number of nitrogens with one attached hydrogen (secondary N) is 3. The lowest BCUT2D eigenvalue weighted by molar-refractivity contribution is -0.384. The number of aromatic nitrogens is 1. The molecule has 0 aliphatic rings. The van der Waals surface area contributed by atoms with Crippen molar-refractivity contribution in [2.45, 2.75) is 6.42 Å². The largest absolute Gasteiger partial charge is 0.389 e. The second-order valence-electron chi connectivity index (χ2n) is 5.99. The summed E-state index contributed by atoms with van der Waals surface area (Å²) in [6.45, 7) is 0.553. The minimum Gasteiger partial charge on any atom is -0.389 e. The van der Waals surface area contributed by atoms with Crippen LogP contribution < -0.4 is 10.6 Å². The zero-order valence-corrected chi connectivity index (χ0v) is 14.8. The van der Waals surface area contributed by atoms with E-state index in [0.717, 1.165) is 22.9 Å². The van der Waals surface area contributed by atoms with Gasteiger partial charge in [0.2, 0.25) is 0 Å². The van der Waals surface area contributed by atoms with Gasteiger partial charge >= 0.3 is 0 Å². The van der Waals surface area contributed by atoms with Crippen LogP contribution in [-0.2, 0) is 11.2 Å². The van der Waals surface area contributed by atoms with E-state index in [1.54, 1.807) is 0 Å². The number of anilines is 1. The molecule has 0 fully saturated rings. The molecular formula is C20H17N5O3. The summed E-state index contributed by atoms with van der Waals surface area (Å²) in [5.41, 5.74) is 2.42. The van der Waals surface area contributed by atoms with Crippen LogP contribution in [0.1, 0.15) is 5.56 Å². The van der Waals surface area contributed by atoms with E-state index in [1.807, 2.05) is 36.5 Å². The third-order valence-corrected chi connectivity index (χ3v) is 4.16. The smallest absolute Gasteiger partial charge is 0.269 e. The van der Waals surface area contributed by atoms with Crippen LogP contribution >= 0.6 is 0 Å². The number of aromatic amines is 1. The standard InChI is InChI=1S/C20H17N5O3/c21-11-15(20(26)24-16-5-7-17(8-6-16)25(27)28)12-22-10-9-14-13-23-19-4-2-1-3-18(14)19/h1-8,12-13,22-23H,9-10H2,(H,24,26)/b15-12-. The van der Waals surface area contributed by atoms with Gasteiger partial charge in [-0.3, -0.25) is 14.9 Å². The number of H-pyrrole nitrogens is 1. The van der Waals surface area contributed by atoms with Crippen molar-refractivity contribution < 1.29 is 9.72 Å². The maximum atomic E-state index is 12.2. The zero-order chi connectivity index (χ0) is 19.9. The van der Waals surface area contributed by atoms with Gasteiger partial charge in [0.05, 0.1) is 4.92 Å². The molecule has 140 valence electrons. The van der Waals surface area contributed by atoms with E-state index in [0.29, 0.717) is 12.2 Å². The topological polar surface area (TPSA) is 124 Å². The number of nitro benzene ring substituents is 1. The van der Waals surface area contributed by atoms with E-state index in [9.17, 15) is 20.2 Å². The zero-order valence-electron chi connectivity index (χ0n) is 14.8. The molecule has 0 saturated heterocycles. The molecule has 1 amide bonds. The number of hydrogen-bond acceptors (Lipinski definition) is 5. The van der Waals surface area contributed by atoms with Crippen molar-refractivity contribution in [2.24, 2.45) is 0 Å². The Labute approximate surface area is 160 Å². The minimum atomic E-state index is -0.587. The maximum absolute atomic E-state index is 12.2. The Kier molecular flexibility index (Phi) is 5.67. The van der Waals surface area contributed by atoms with Crippen LogP contribution in [0.5, 0.6) is 0 Å². The van der Waals surface area contributed by atoms with E-state index < -0.39 is 10.8 Å². The number of nitrogens with zero attached hydrogens (tertiary/aromatic N) is 2. The third kappa shape index (κ3) is 4.34. The predicted molar refractivity (Wildman–Crippen MR) is 105 cm³/mol. The first kappa shape index (κ1) is 18.7. The number of nitro groups is 1.